The lowest BCUT2D eigenvalue weighted by Gasteiger charge is -2.01. The number of nitrogens with zero attached hydrogens (tertiary/aromatic N) is 1. The van der Waals surface area contributed by atoms with Crippen molar-refractivity contribution in [1.29, 1.82) is 0 Å². The van der Waals surface area contributed by atoms with Crippen molar-refractivity contribution in [3.63, 3.8) is 0 Å². The second-order valence-electron chi connectivity index (χ2n) is 3.05. The fourth-order valence-corrected chi connectivity index (χ4v) is 1.26. The molecule has 0 unspecified atom stereocenters. The Hall–Kier alpha value is -1.88. The topological polar surface area (TPSA) is 80.4 Å². The van der Waals surface area contributed by atoms with Crippen LogP contribution in [0, 0.1) is 10.1 Å². The number of carboxylic acids is 1. The molecule has 0 bridgehead atoms. The van der Waals surface area contributed by atoms with E-state index in [1.165, 1.54) is 31.2 Å². The molecular formula is C10H8ClNO4. The summed E-state index contributed by atoms with van der Waals surface area (Å²) in [6, 6.07) is 5.51. The third-order valence-corrected chi connectivity index (χ3v) is 2.46. The molecule has 0 heterocycles. The van der Waals surface area contributed by atoms with Gasteiger partial charge in [-0.2, -0.15) is 0 Å². The fraction of sp³-hybridized carbons (Fsp3) is 0.100. The standard InChI is InChI=1S/C10H8ClNO4/c1-6(10(13)14)9(11)7-3-2-4-8(5-7)12(15)16/h2-5H,1H3,(H,13,14)/b9-6-. The largest absolute Gasteiger partial charge is 0.478 e. The van der Waals surface area contributed by atoms with Gasteiger partial charge in [0.05, 0.1) is 15.5 Å². The second kappa shape index (κ2) is 4.76. The van der Waals surface area contributed by atoms with E-state index in [2.05, 4.69) is 0 Å². The lowest BCUT2D eigenvalue weighted by atomic mass is 10.1. The van der Waals surface area contributed by atoms with E-state index in [1.54, 1.807) is 0 Å². The minimum absolute atomic E-state index is 0.00352. The number of benzene rings is 1. The Balaban J connectivity index is 3.24. The molecule has 6 heteroatoms. The molecule has 0 fully saturated rings. The molecule has 0 amide bonds. The van der Waals surface area contributed by atoms with Gasteiger partial charge in [0, 0.05) is 17.7 Å². The van der Waals surface area contributed by atoms with Gasteiger partial charge in [0.2, 0.25) is 0 Å². The zero-order valence-electron chi connectivity index (χ0n) is 8.31. The lowest BCUT2D eigenvalue weighted by Crippen LogP contribution is -1.98. The minimum atomic E-state index is -1.16. The molecular weight excluding hydrogens is 234 g/mol. The van der Waals surface area contributed by atoms with Crippen LogP contribution in [0.25, 0.3) is 5.03 Å². The summed E-state index contributed by atoms with van der Waals surface area (Å²) in [4.78, 5) is 20.6. The molecule has 1 aromatic carbocycles. The SMILES string of the molecule is C/C(C(=O)O)=C(/Cl)c1cccc([N+](=O)[O-])c1. The number of halogens is 1. The van der Waals surface area contributed by atoms with E-state index in [0.29, 0.717) is 5.56 Å². The van der Waals surface area contributed by atoms with E-state index in [-0.39, 0.29) is 16.3 Å². The molecule has 84 valence electrons. The van der Waals surface area contributed by atoms with Crippen LogP contribution >= 0.6 is 11.6 Å². The summed E-state index contributed by atoms with van der Waals surface area (Å²) < 4.78 is 0. The van der Waals surface area contributed by atoms with Crippen molar-refractivity contribution < 1.29 is 14.8 Å². The first-order chi connectivity index (χ1) is 7.43. The molecule has 0 saturated heterocycles. The number of hydrogen-bond acceptors (Lipinski definition) is 3. The third-order valence-electron chi connectivity index (χ3n) is 1.96. The molecule has 0 radical (unpaired) electrons. The number of aliphatic carboxylic acids is 1. The van der Waals surface area contributed by atoms with Crippen LogP contribution in [0.3, 0.4) is 0 Å². The van der Waals surface area contributed by atoms with E-state index in [1.807, 2.05) is 0 Å². The Bertz CT molecular complexity index is 481. The van der Waals surface area contributed by atoms with Gasteiger partial charge in [0.1, 0.15) is 0 Å². The van der Waals surface area contributed by atoms with Gasteiger partial charge in [-0.15, -0.1) is 0 Å². The second-order valence-corrected chi connectivity index (χ2v) is 3.43. The molecule has 0 atom stereocenters. The van der Waals surface area contributed by atoms with Crippen molar-refractivity contribution in [2.45, 2.75) is 6.92 Å². The number of carboxylic acid groups (broad SMARTS) is 1. The Morgan fingerprint density at radius 1 is 1.50 bits per heavy atom. The van der Waals surface area contributed by atoms with E-state index in [9.17, 15) is 14.9 Å². The maximum absolute atomic E-state index is 10.7. The molecule has 1 aromatic rings. The third kappa shape index (κ3) is 2.58. The van der Waals surface area contributed by atoms with Gasteiger partial charge < -0.3 is 5.11 Å². The normalized spacial score (nSPS) is 11.9. The van der Waals surface area contributed by atoms with E-state index >= 15 is 0 Å². The van der Waals surface area contributed by atoms with Gasteiger partial charge in [-0.3, -0.25) is 10.1 Å². The summed E-state index contributed by atoms with van der Waals surface area (Å²) in [5.41, 5.74) is 0.131. The monoisotopic (exact) mass is 241 g/mol. The maximum atomic E-state index is 10.7. The van der Waals surface area contributed by atoms with Crippen molar-refractivity contribution in [2.75, 3.05) is 0 Å². The van der Waals surface area contributed by atoms with Crippen LogP contribution in [0.2, 0.25) is 0 Å². The van der Waals surface area contributed by atoms with Crippen LogP contribution in [-0.2, 0) is 4.79 Å². The van der Waals surface area contributed by atoms with Crippen molar-refractivity contribution in [1.82, 2.24) is 0 Å². The highest BCUT2D eigenvalue weighted by Gasteiger charge is 2.12. The highest BCUT2D eigenvalue weighted by molar-refractivity contribution is 6.50. The molecule has 0 aliphatic rings. The summed E-state index contributed by atoms with van der Waals surface area (Å²) in [7, 11) is 0. The van der Waals surface area contributed by atoms with E-state index in [0.717, 1.165) is 0 Å². The van der Waals surface area contributed by atoms with Crippen LogP contribution in [0.5, 0.6) is 0 Å². The first-order valence-electron chi connectivity index (χ1n) is 4.28. The molecule has 0 saturated carbocycles. The predicted octanol–water partition coefficient (Wildman–Crippen LogP) is 2.65. The number of rotatable bonds is 3. The number of nitro groups is 1. The Kier molecular flexibility index (Phi) is 3.63. The van der Waals surface area contributed by atoms with Crippen molar-refractivity contribution in [2.24, 2.45) is 0 Å². The molecule has 1 N–H and O–H groups in total. The average molecular weight is 242 g/mol. The first kappa shape index (κ1) is 12.2. The Labute approximate surface area is 96.1 Å². The van der Waals surface area contributed by atoms with Crippen molar-refractivity contribution in [3.8, 4) is 0 Å². The molecule has 0 aromatic heterocycles. The molecule has 0 aliphatic heterocycles. The number of nitro benzene ring substituents is 1. The molecule has 16 heavy (non-hydrogen) atoms. The molecule has 0 aliphatic carbocycles. The summed E-state index contributed by atoms with van der Waals surface area (Å²) in [5.74, 6) is -1.16. The quantitative estimate of drug-likeness (QED) is 0.501. The van der Waals surface area contributed by atoms with Gasteiger partial charge in [0.25, 0.3) is 5.69 Å². The predicted molar refractivity (Wildman–Crippen MR) is 59.2 cm³/mol. The fourth-order valence-electron chi connectivity index (χ4n) is 1.07. The van der Waals surface area contributed by atoms with Crippen LogP contribution in [0.15, 0.2) is 29.8 Å². The Morgan fingerprint density at radius 3 is 2.62 bits per heavy atom. The summed E-state index contributed by atoms with van der Waals surface area (Å²) >= 11 is 5.80. The number of hydrogen-bond donors (Lipinski definition) is 1. The van der Waals surface area contributed by atoms with Crippen LogP contribution in [-0.4, -0.2) is 16.0 Å². The minimum Gasteiger partial charge on any atom is -0.478 e. The van der Waals surface area contributed by atoms with Gasteiger partial charge >= 0.3 is 5.97 Å². The zero-order valence-corrected chi connectivity index (χ0v) is 9.06. The van der Waals surface area contributed by atoms with Crippen LogP contribution in [0.4, 0.5) is 5.69 Å². The maximum Gasteiger partial charge on any atom is 0.332 e. The highest BCUT2D eigenvalue weighted by atomic mass is 35.5. The number of non-ortho nitro benzene ring substituents is 1. The Morgan fingerprint density at radius 2 is 2.12 bits per heavy atom. The van der Waals surface area contributed by atoms with Gasteiger partial charge in [-0.05, 0) is 6.92 Å². The lowest BCUT2D eigenvalue weighted by molar-refractivity contribution is -0.384. The zero-order chi connectivity index (χ0) is 12.3. The molecule has 1 rings (SSSR count). The summed E-state index contributed by atoms with van der Waals surface area (Å²) in [5, 5.41) is 19.2. The summed E-state index contributed by atoms with van der Waals surface area (Å²) in [6.07, 6.45) is 0. The van der Waals surface area contributed by atoms with Crippen molar-refractivity contribution in [3.05, 3.63) is 45.5 Å². The highest BCUT2D eigenvalue weighted by Crippen LogP contribution is 2.26. The van der Waals surface area contributed by atoms with Crippen LogP contribution < -0.4 is 0 Å². The van der Waals surface area contributed by atoms with Crippen LogP contribution in [0.1, 0.15) is 12.5 Å². The van der Waals surface area contributed by atoms with E-state index < -0.39 is 10.9 Å². The van der Waals surface area contributed by atoms with Gasteiger partial charge in [-0.25, -0.2) is 4.79 Å². The average Bonchev–Trinajstić information content (AvgIpc) is 2.27. The smallest absolute Gasteiger partial charge is 0.332 e. The van der Waals surface area contributed by atoms with Crippen molar-refractivity contribution >= 4 is 28.3 Å². The molecule has 5 nitrogen and oxygen atoms in total. The molecule has 0 spiro atoms. The number of carbonyl (C=O) groups is 1. The van der Waals surface area contributed by atoms with E-state index in [4.69, 9.17) is 16.7 Å². The van der Waals surface area contributed by atoms with Gasteiger partial charge in [0.15, 0.2) is 0 Å². The summed E-state index contributed by atoms with van der Waals surface area (Å²) in [6.45, 7) is 1.34. The first-order valence-corrected chi connectivity index (χ1v) is 4.65. The van der Waals surface area contributed by atoms with Gasteiger partial charge in [-0.1, -0.05) is 23.7 Å².